The summed E-state index contributed by atoms with van der Waals surface area (Å²) in [5, 5.41) is 1.41. The molecular weight excluding hydrogens is 375 g/mol. The molecule has 0 aromatic carbocycles. The summed E-state index contributed by atoms with van der Waals surface area (Å²) < 4.78 is 18.4. The second kappa shape index (κ2) is 8.87. The number of pyridine rings is 2. The number of aromatic nitrogens is 2. The topological polar surface area (TPSA) is 111 Å². The number of aryl methyl sites for hydroxylation is 1. The van der Waals surface area contributed by atoms with Crippen molar-refractivity contribution in [2.75, 3.05) is 26.9 Å². The number of carbonyl (C=O) groups is 1. The molecule has 1 aliphatic heterocycles. The first-order valence-corrected chi connectivity index (χ1v) is 9.23. The summed E-state index contributed by atoms with van der Waals surface area (Å²) in [6, 6.07) is 5.59. The summed E-state index contributed by atoms with van der Waals surface area (Å²) >= 11 is 0. The number of nitrogens with zero attached hydrogens (tertiary/aromatic N) is 4. The van der Waals surface area contributed by atoms with Crippen LogP contribution in [0.3, 0.4) is 0 Å². The van der Waals surface area contributed by atoms with Crippen molar-refractivity contribution in [3.63, 3.8) is 0 Å². The van der Waals surface area contributed by atoms with Crippen molar-refractivity contribution in [3.05, 3.63) is 58.7 Å². The molecule has 2 aromatic rings. The molecule has 1 amide bonds. The summed E-state index contributed by atoms with van der Waals surface area (Å²) in [5.41, 5.74) is 10.9. The minimum absolute atomic E-state index is 0.130. The average Bonchev–Trinajstić information content (AvgIpc) is 2.73. The number of hydrogen-bond donors (Lipinski definition) is 2. The molecule has 8 nitrogen and oxygen atoms in total. The number of ether oxygens (including phenoxy) is 1. The first-order valence-electron chi connectivity index (χ1n) is 9.23. The van der Waals surface area contributed by atoms with E-state index in [0.717, 1.165) is 22.4 Å². The number of alkyl halides is 1. The number of nitrogens with two attached hydrogens (primary N) is 2. The largest absolute Gasteiger partial charge is 0.471 e. The first kappa shape index (κ1) is 20.5. The standard InChI is InChI=1S/C20H25FN6O2/c1-13-3-4-15(9-24-13)20(22)17(26(2)23)12-29-18-7-14-5-6-27(19(28)8-21)11-16(14)10-25-18/h3-4,7,9-10H,5-6,8,11-12,22-23H2,1-2H3/b20-17-. The van der Waals surface area contributed by atoms with Crippen molar-refractivity contribution in [2.24, 2.45) is 11.6 Å². The van der Waals surface area contributed by atoms with Crippen molar-refractivity contribution in [2.45, 2.75) is 19.9 Å². The van der Waals surface area contributed by atoms with Gasteiger partial charge in [-0.2, -0.15) is 0 Å². The quantitative estimate of drug-likeness (QED) is 0.553. The number of carbonyl (C=O) groups excluding carboxylic acids is 1. The van der Waals surface area contributed by atoms with Gasteiger partial charge in [-0.3, -0.25) is 9.78 Å². The van der Waals surface area contributed by atoms with Crippen LogP contribution in [-0.4, -0.2) is 52.7 Å². The molecular formula is C20H25FN6O2. The van der Waals surface area contributed by atoms with Crippen LogP contribution < -0.4 is 16.3 Å². The van der Waals surface area contributed by atoms with Crippen LogP contribution in [-0.2, 0) is 17.8 Å². The van der Waals surface area contributed by atoms with Crippen molar-refractivity contribution < 1.29 is 13.9 Å². The zero-order valence-corrected chi connectivity index (χ0v) is 16.6. The third-order valence-electron chi connectivity index (χ3n) is 4.85. The van der Waals surface area contributed by atoms with E-state index in [-0.39, 0.29) is 6.61 Å². The maximum atomic E-state index is 12.6. The van der Waals surface area contributed by atoms with Crippen LogP contribution in [0.25, 0.3) is 5.70 Å². The van der Waals surface area contributed by atoms with E-state index in [1.807, 2.05) is 25.1 Å². The predicted octanol–water partition coefficient (Wildman–Crippen LogP) is 1.15. The molecule has 0 spiro atoms. The number of hydrazine groups is 1. The molecule has 4 N–H and O–H groups in total. The van der Waals surface area contributed by atoms with E-state index in [4.69, 9.17) is 16.3 Å². The zero-order valence-electron chi connectivity index (χ0n) is 16.6. The first-order chi connectivity index (χ1) is 13.9. The Bertz CT molecular complexity index is 914. The SMILES string of the molecule is Cc1ccc(/C(N)=C(\COc2cc3c(cn2)CN(C(=O)CF)CC3)N(C)N)cn1. The number of rotatable bonds is 6. The van der Waals surface area contributed by atoms with E-state index < -0.39 is 12.6 Å². The Balaban J connectivity index is 1.73. The van der Waals surface area contributed by atoms with E-state index in [1.165, 1.54) is 9.91 Å². The lowest BCUT2D eigenvalue weighted by atomic mass is 10.0. The van der Waals surface area contributed by atoms with Crippen molar-refractivity contribution in [3.8, 4) is 5.88 Å². The van der Waals surface area contributed by atoms with Gasteiger partial charge in [0.25, 0.3) is 5.91 Å². The average molecular weight is 400 g/mol. The fraction of sp³-hybridized carbons (Fsp3) is 0.350. The van der Waals surface area contributed by atoms with E-state index in [2.05, 4.69) is 9.97 Å². The number of hydrogen-bond acceptors (Lipinski definition) is 7. The van der Waals surface area contributed by atoms with Gasteiger partial charge in [-0.15, -0.1) is 0 Å². The molecule has 0 bridgehead atoms. The van der Waals surface area contributed by atoms with Crippen LogP contribution >= 0.6 is 0 Å². The van der Waals surface area contributed by atoms with E-state index >= 15 is 0 Å². The molecule has 1 aliphatic rings. The Labute approximate surface area is 168 Å². The van der Waals surface area contributed by atoms with Gasteiger partial charge in [-0.05, 0) is 36.6 Å². The molecule has 3 rings (SSSR count). The summed E-state index contributed by atoms with van der Waals surface area (Å²) in [7, 11) is 1.68. The molecule has 3 heterocycles. The van der Waals surface area contributed by atoms with Gasteiger partial charge in [0.2, 0.25) is 5.88 Å². The maximum absolute atomic E-state index is 12.6. The lowest BCUT2D eigenvalue weighted by molar-refractivity contribution is -0.133. The lowest BCUT2D eigenvalue weighted by Gasteiger charge is -2.28. The van der Waals surface area contributed by atoms with Gasteiger partial charge in [0.1, 0.15) is 6.61 Å². The van der Waals surface area contributed by atoms with Gasteiger partial charge in [0.05, 0.1) is 11.4 Å². The molecule has 154 valence electrons. The molecule has 0 aliphatic carbocycles. The van der Waals surface area contributed by atoms with Gasteiger partial charge in [-0.1, -0.05) is 0 Å². The summed E-state index contributed by atoms with van der Waals surface area (Å²) in [6.45, 7) is 1.88. The minimum atomic E-state index is -0.983. The highest BCUT2D eigenvalue weighted by Gasteiger charge is 2.21. The smallest absolute Gasteiger partial charge is 0.254 e. The van der Waals surface area contributed by atoms with Crippen LogP contribution in [0.15, 0.2) is 36.3 Å². The van der Waals surface area contributed by atoms with Gasteiger partial charge in [0.15, 0.2) is 6.67 Å². The summed E-state index contributed by atoms with van der Waals surface area (Å²) in [6.07, 6.45) is 3.97. The second-order valence-corrected chi connectivity index (χ2v) is 6.94. The van der Waals surface area contributed by atoms with E-state index in [1.54, 1.807) is 19.4 Å². The third-order valence-corrected chi connectivity index (χ3v) is 4.85. The normalized spacial score (nSPS) is 14.1. The number of halogens is 1. The number of fused-ring (bicyclic) bond motifs is 1. The second-order valence-electron chi connectivity index (χ2n) is 6.94. The predicted molar refractivity (Wildman–Crippen MR) is 107 cm³/mol. The van der Waals surface area contributed by atoms with Crippen LogP contribution in [0.2, 0.25) is 0 Å². The molecule has 9 heteroatoms. The van der Waals surface area contributed by atoms with E-state index in [9.17, 15) is 9.18 Å². The fourth-order valence-corrected chi connectivity index (χ4v) is 3.10. The highest BCUT2D eigenvalue weighted by Crippen LogP contribution is 2.23. The van der Waals surface area contributed by atoms with Crippen LogP contribution in [0, 0.1) is 6.92 Å². The summed E-state index contributed by atoms with van der Waals surface area (Å²) in [5.74, 6) is 5.87. The van der Waals surface area contributed by atoms with Crippen LogP contribution in [0.1, 0.15) is 22.4 Å². The Morgan fingerprint density at radius 3 is 2.76 bits per heavy atom. The zero-order chi connectivity index (χ0) is 21.0. The van der Waals surface area contributed by atoms with Gasteiger partial charge in [-0.25, -0.2) is 15.2 Å². The minimum Gasteiger partial charge on any atom is -0.471 e. The molecule has 0 unspecified atom stereocenters. The Hall–Kier alpha value is -3.20. The molecule has 2 aromatic heterocycles. The van der Waals surface area contributed by atoms with Gasteiger partial charge in [0, 0.05) is 49.9 Å². The van der Waals surface area contributed by atoms with Crippen LogP contribution in [0.5, 0.6) is 5.88 Å². The summed E-state index contributed by atoms with van der Waals surface area (Å²) in [4.78, 5) is 21.6. The van der Waals surface area contributed by atoms with Crippen LogP contribution in [0.4, 0.5) is 4.39 Å². The highest BCUT2D eigenvalue weighted by molar-refractivity contribution is 5.77. The van der Waals surface area contributed by atoms with Crippen molar-refractivity contribution >= 4 is 11.6 Å². The maximum Gasteiger partial charge on any atom is 0.254 e. The van der Waals surface area contributed by atoms with Crippen molar-refractivity contribution in [1.82, 2.24) is 19.9 Å². The molecule has 0 fully saturated rings. The van der Waals surface area contributed by atoms with Gasteiger partial charge >= 0.3 is 0 Å². The fourth-order valence-electron chi connectivity index (χ4n) is 3.10. The molecule has 29 heavy (non-hydrogen) atoms. The van der Waals surface area contributed by atoms with Crippen molar-refractivity contribution in [1.29, 1.82) is 0 Å². The highest BCUT2D eigenvalue weighted by atomic mass is 19.1. The number of likely N-dealkylation sites (N-methyl/N-ethyl adjacent to an activating group) is 1. The molecule has 0 radical (unpaired) electrons. The Kier molecular flexibility index (Phi) is 6.28. The van der Waals surface area contributed by atoms with E-state index in [0.29, 0.717) is 36.8 Å². The van der Waals surface area contributed by atoms with Gasteiger partial charge < -0.3 is 20.4 Å². The third kappa shape index (κ3) is 4.80. The molecule has 0 saturated heterocycles. The number of amides is 1. The Morgan fingerprint density at radius 2 is 2.10 bits per heavy atom. The Morgan fingerprint density at radius 1 is 1.31 bits per heavy atom. The molecule has 0 saturated carbocycles. The lowest BCUT2D eigenvalue weighted by Crippen LogP contribution is -2.37. The monoisotopic (exact) mass is 400 g/mol. The molecule has 0 atom stereocenters.